The van der Waals surface area contributed by atoms with E-state index in [1.807, 2.05) is 26.0 Å². The van der Waals surface area contributed by atoms with Gasteiger partial charge in [-0.05, 0) is 51.0 Å². The van der Waals surface area contributed by atoms with Crippen molar-refractivity contribution in [2.45, 2.75) is 40.5 Å². The summed E-state index contributed by atoms with van der Waals surface area (Å²) in [5.74, 6) is 0.401. The van der Waals surface area contributed by atoms with Crippen molar-refractivity contribution in [1.82, 2.24) is 0 Å². The third-order valence-electron chi connectivity index (χ3n) is 5.26. The summed E-state index contributed by atoms with van der Waals surface area (Å²) in [6.45, 7) is 8.41. The van der Waals surface area contributed by atoms with E-state index in [2.05, 4.69) is 36.5 Å². The van der Waals surface area contributed by atoms with Crippen LogP contribution in [-0.2, 0) is 4.79 Å². The molecule has 166 valence electrons. The molecule has 0 aromatic heterocycles. The number of carbonyl (C=O) groups is 1. The van der Waals surface area contributed by atoms with Crippen LogP contribution in [0.25, 0.3) is 17.2 Å². The number of carboxylic acids is 1. The van der Waals surface area contributed by atoms with Crippen molar-refractivity contribution < 1.29 is 19.4 Å². The molecule has 0 amide bonds. The van der Waals surface area contributed by atoms with Gasteiger partial charge in [0.1, 0.15) is 11.5 Å². The van der Waals surface area contributed by atoms with Gasteiger partial charge in [0.25, 0.3) is 0 Å². The molecule has 0 fully saturated rings. The summed E-state index contributed by atoms with van der Waals surface area (Å²) in [6, 6.07) is 8.21. The number of methoxy groups -OCH3 is 2. The molecule has 0 aliphatic heterocycles. The third kappa shape index (κ3) is 5.69. The molecule has 0 aliphatic carbocycles. The van der Waals surface area contributed by atoms with Crippen LogP contribution in [0.2, 0.25) is 0 Å². The van der Waals surface area contributed by atoms with Gasteiger partial charge in [0.05, 0.1) is 14.2 Å². The summed E-state index contributed by atoms with van der Waals surface area (Å²) in [6.07, 6.45) is 8.21. The summed E-state index contributed by atoms with van der Waals surface area (Å²) in [4.78, 5) is 11.4. The topological polar surface area (TPSA) is 67.8 Å². The van der Waals surface area contributed by atoms with Gasteiger partial charge in [0, 0.05) is 40.1 Å². The molecule has 0 unspecified atom stereocenters. The molecule has 0 radical (unpaired) electrons. The van der Waals surface area contributed by atoms with E-state index in [1.54, 1.807) is 27.2 Å². The van der Waals surface area contributed by atoms with E-state index in [0.717, 1.165) is 52.9 Å². The molecule has 2 aromatic rings. The highest BCUT2D eigenvalue weighted by molar-refractivity contribution is 5.93. The summed E-state index contributed by atoms with van der Waals surface area (Å²) in [5, 5.41) is 12.7. The quantitative estimate of drug-likeness (QED) is 0.349. The van der Waals surface area contributed by atoms with Crippen LogP contribution in [-0.4, -0.2) is 31.8 Å². The molecule has 0 spiro atoms. The fraction of sp³-hybridized carbons (Fsp3) is 0.346. The van der Waals surface area contributed by atoms with Crippen LogP contribution in [0.4, 0.5) is 5.69 Å². The Hall–Kier alpha value is -3.21. The van der Waals surface area contributed by atoms with Gasteiger partial charge < -0.3 is 19.9 Å². The standard InChI is InChI=1S/C26H33NO4/c1-7-8-9-10-15-27-21-13-11-20(12-14-21)23-19(4)24(30-5)22(16-17(2)26(28)29)18(3)25(23)31-6/h9-14,16,27H,7-8,15H2,1-6H3,(H,28,29)/b10-9+,17-16+. The van der Waals surface area contributed by atoms with Gasteiger partial charge in [-0.15, -0.1) is 0 Å². The minimum atomic E-state index is -0.963. The molecule has 0 bridgehead atoms. The Morgan fingerprint density at radius 2 is 1.68 bits per heavy atom. The average molecular weight is 424 g/mol. The zero-order chi connectivity index (χ0) is 23.0. The largest absolute Gasteiger partial charge is 0.496 e. The molecular weight excluding hydrogens is 390 g/mol. The van der Waals surface area contributed by atoms with E-state index in [9.17, 15) is 9.90 Å². The van der Waals surface area contributed by atoms with Gasteiger partial charge >= 0.3 is 5.97 Å². The highest BCUT2D eigenvalue weighted by atomic mass is 16.5. The minimum Gasteiger partial charge on any atom is -0.496 e. The van der Waals surface area contributed by atoms with Gasteiger partial charge in [0.2, 0.25) is 0 Å². The average Bonchev–Trinajstić information content (AvgIpc) is 2.76. The van der Waals surface area contributed by atoms with Crippen molar-refractivity contribution in [3.63, 3.8) is 0 Å². The number of nitrogens with one attached hydrogen (secondary N) is 1. The number of hydrogen-bond acceptors (Lipinski definition) is 4. The Labute approximate surface area is 185 Å². The second-order valence-corrected chi connectivity index (χ2v) is 7.46. The van der Waals surface area contributed by atoms with Crippen molar-refractivity contribution in [2.24, 2.45) is 0 Å². The third-order valence-corrected chi connectivity index (χ3v) is 5.26. The first-order valence-electron chi connectivity index (χ1n) is 10.5. The number of hydrogen-bond donors (Lipinski definition) is 2. The molecular formula is C26H33NO4. The van der Waals surface area contributed by atoms with Crippen LogP contribution in [0.5, 0.6) is 11.5 Å². The number of carboxylic acid groups (broad SMARTS) is 1. The maximum atomic E-state index is 11.4. The number of anilines is 1. The first kappa shape index (κ1) is 24.1. The summed E-state index contributed by atoms with van der Waals surface area (Å²) >= 11 is 0. The lowest BCUT2D eigenvalue weighted by atomic mass is 9.91. The van der Waals surface area contributed by atoms with Crippen molar-refractivity contribution in [3.8, 4) is 22.6 Å². The van der Waals surface area contributed by atoms with E-state index in [4.69, 9.17) is 9.47 Å². The Bertz CT molecular complexity index is 972. The van der Waals surface area contributed by atoms with Crippen molar-refractivity contribution in [3.05, 3.63) is 58.7 Å². The molecule has 2 aromatic carbocycles. The van der Waals surface area contributed by atoms with Crippen LogP contribution in [0.3, 0.4) is 0 Å². The molecule has 0 saturated carbocycles. The number of allylic oxidation sites excluding steroid dienone is 1. The van der Waals surface area contributed by atoms with Gasteiger partial charge in [0.15, 0.2) is 0 Å². The molecule has 31 heavy (non-hydrogen) atoms. The smallest absolute Gasteiger partial charge is 0.331 e. The predicted octanol–water partition coefficient (Wildman–Crippen LogP) is 6.24. The van der Waals surface area contributed by atoms with Crippen LogP contribution >= 0.6 is 0 Å². The predicted molar refractivity (Wildman–Crippen MR) is 128 cm³/mol. The van der Waals surface area contributed by atoms with Crippen LogP contribution in [0, 0.1) is 13.8 Å². The number of ether oxygens (including phenoxy) is 2. The number of unbranched alkanes of at least 4 members (excludes halogenated alkanes) is 1. The zero-order valence-corrected chi connectivity index (χ0v) is 19.3. The van der Waals surface area contributed by atoms with Crippen molar-refractivity contribution in [2.75, 3.05) is 26.1 Å². The molecule has 5 nitrogen and oxygen atoms in total. The second kappa shape index (κ2) is 11.3. The van der Waals surface area contributed by atoms with Gasteiger partial charge in [-0.3, -0.25) is 0 Å². The van der Waals surface area contributed by atoms with E-state index >= 15 is 0 Å². The first-order valence-corrected chi connectivity index (χ1v) is 10.5. The molecule has 0 heterocycles. The SMILES string of the molecule is CCC/C=C/CNc1ccc(-c2c(C)c(OC)c(/C=C(\C)C(=O)O)c(C)c2OC)cc1. The molecule has 2 rings (SSSR count). The lowest BCUT2D eigenvalue weighted by Gasteiger charge is -2.21. The Morgan fingerprint density at radius 1 is 1.03 bits per heavy atom. The summed E-state index contributed by atoms with van der Waals surface area (Å²) < 4.78 is 11.5. The summed E-state index contributed by atoms with van der Waals surface area (Å²) in [7, 11) is 3.23. The maximum Gasteiger partial charge on any atom is 0.331 e. The molecule has 0 aliphatic rings. The van der Waals surface area contributed by atoms with E-state index in [-0.39, 0.29) is 5.57 Å². The van der Waals surface area contributed by atoms with E-state index < -0.39 is 5.97 Å². The van der Waals surface area contributed by atoms with Crippen LogP contribution in [0.1, 0.15) is 43.4 Å². The van der Waals surface area contributed by atoms with Gasteiger partial charge in [-0.1, -0.05) is 37.6 Å². The highest BCUT2D eigenvalue weighted by Gasteiger charge is 2.21. The Morgan fingerprint density at radius 3 is 2.23 bits per heavy atom. The zero-order valence-electron chi connectivity index (χ0n) is 19.3. The van der Waals surface area contributed by atoms with Crippen LogP contribution < -0.4 is 14.8 Å². The molecule has 0 saturated heterocycles. The lowest BCUT2D eigenvalue weighted by molar-refractivity contribution is -0.132. The summed E-state index contributed by atoms with van der Waals surface area (Å²) in [5.41, 5.74) is 5.68. The number of benzene rings is 2. The fourth-order valence-electron chi connectivity index (χ4n) is 3.58. The number of aliphatic carboxylic acids is 1. The minimum absolute atomic E-state index is 0.235. The van der Waals surface area contributed by atoms with Crippen LogP contribution in [0.15, 0.2) is 42.0 Å². The van der Waals surface area contributed by atoms with Gasteiger partial charge in [-0.2, -0.15) is 0 Å². The molecule has 0 atom stereocenters. The lowest BCUT2D eigenvalue weighted by Crippen LogP contribution is -2.03. The first-order chi connectivity index (χ1) is 14.8. The van der Waals surface area contributed by atoms with E-state index in [1.165, 1.54) is 0 Å². The highest BCUT2D eigenvalue weighted by Crippen LogP contribution is 2.44. The monoisotopic (exact) mass is 423 g/mol. The number of rotatable bonds is 10. The normalized spacial score (nSPS) is 11.6. The maximum absolute atomic E-state index is 11.4. The van der Waals surface area contributed by atoms with Crippen molar-refractivity contribution >= 4 is 17.7 Å². The second-order valence-electron chi connectivity index (χ2n) is 7.46. The Kier molecular flexibility index (Phi) is 8.74. The fourth-order valence-corrected chi connectivity index (χ4v) is 3.58. The van der Waals surface area contributed by atoms with Crippen molar-refractivity contribution in [1.29, 1.82) is 0 Å². The molecule has 5 heteroatoms. The Balaban J connectivity index is 2.48. The molecule has 2 N–H and O–H groups in total. The van der Waals surface area contributed by atoms with Gasteiger partial charge in [-0.25, -0.2) is 4.79 Å². The van der Waals surface area contributed by atoms with E-state index in [0.29, 0.717) is 11.5 Å².